The monoisotopic (exact) mass is 323 g/mol. The molecule has 0 amide bonds. The van der Waals surface area contributed by atoms with Crippen LogP contribution in [0.5, 0.6) is 0 Å². The van der Waals surface area contributed by atoms with E-state index in [2.05, 4.69) is 10.3 Å². The summed E-state index contributed by atoms with van der Waals surface area (Å²) in [7, 11) is 0. The van der Waals surface area contributed by atoms with E-state index in [-0.39, 0.29) is 0 Å². The molecule has 0 aliphatic heterocycles. The van der Waals surface area contributed by atoms with Crippen LogP contribution in [-0.4, -0.2) is 15.0 Å². The fraction of sp³-hybridized carbons (Fsp3) is 0.0667. The maximum atomic E-state index is 12.5. The lowest BCUT2D eigenvalue weighted by Crippen LogP contribution is -2.03. The zero-order chi connectivity index (χ0) is 15.7. The molecule has 0 atom stereocenters. The molecule has 0 bridgehead atoms. The molecule has 1 aromatic heterocycles. The minimum absolute atomic E-state index is 0.490. The van der Waals surface area contributed by atoms with E-state index >= 15 is 0 Å². The topological polar surface area (TPSA) is 30.7 Å². The van der Waals surface area contributed by atoms with E-state index in [1.807, 2.05) is 0 Å². The van der Waals surface area contributed by atoms with Crippen LogP contribution in [0.4, 0.5) is 13.2 Å². The molecule has 0 N–H and O–H groups in total. The Morgan fingerprint density at radius 2 is 1.55 bits per heavy atom. The average Bonchev–Trinajstić information content (AvgIpc) is 2.97. The third-order valence-electron chi connectivity index (χ3n) is 3.09. The number of rotatable bonds is 2. The maximum Gasteiger partial charge on any atom is 0.416 e. The normalized spacial score (nSPS) is 11.6. The van der Waals surface area contributed by atoms with Crippen LogP contribution < -0.4 is 0 Å². The Kier molecular flexibility index (Phi) is 3.62. The van der Waals surface area contributed by atoms with Crippen LogP contribution in [0.15, 0.2) is 54.7 Å². The van der Waals surface area contributed by atoms with Crippen molar-refractivity contribution < 1.29 is 13.2 Å². The summed E-state index contributed by atoms with van der Waals surface area (Å²) in [6.45, 7) is 0. The summed E-state index contributed by atoms with van der Waals surface area (Å²) >= 11 is 5.81. The van der Waals surface area contributed by atoms with Crippen molar-refractivity contribution in [2.24, 2.45) is 0 Å². The van der Waals surface area contributed by atoms with Crippen molar-refractivity contribution in [3.63, 3.8) is 0 Å². The van der Waals surface area contributed by atoms with Gasteiger partial charge in [-0.15, -0.1) is 5.10 Å². The Morgan fingerprint density at radius 3 is 2.14 bits per heavy atom. The van der Waals surface area contributed by atoms with E-state index in [0.29, 0.717) is 16.3 Å². The van der Waals surface area contributed by atoms with Crippen molar-refractivity contribution in [2.45, 2.75) is 6.18 Å². The number of hydrogen-bond acceptors (Lipinski definition) is 2. The smallest absolute Gasteiger partial charge is 0.220 e. The summed E-state index contributed by atoms with van der Waals surface area (Å²) in [6, 6.07) is 11.8. The van der Waals surface area contributed by atoms with Gasteiger partial charge in [-0.05, 0) is 36.4 Å². The summed E-state index contributed by atoms with van der Waals surface area (Å²) in [5.74, 6) is 0. The summed E-state index contributed by atoms with van der Waals surface area (Å²) in [6.07, 6.45) is -2.70. The largest absolute Gasteiger partial charge is 0.416 e. The first-order chi connectivity index (χ1) is 10.4. The molecule has 112 valence electrons. The van der Waals surface area contributed by atoms with E-state index in [4.69, 9.17) is 11.6 Å². The molecule has 0 saturated carbocycles. The predicted molar refractivity (Wildman–Crippen MR) is 76.8 cm³/mol. The number of halogens is 4. The highest BCUT2D eigenvalue weighted by Crippen LogP contribution is 2.30. The second-order valence-electron chi connectivity index (χ2n) is 4.60. The molecule has 22 heavy (non-hydrogen) atoms. The van der Waals surface area contributed by atoms with E-state index in [1.165, 1.54) is 16.8 Å². The molecule has 0 radical (unpaired) electrons. The van der Waals surface area contributed by atoms with Crippen LogP contribution in [0.3, 0.4) is 0 Å². The average molecular weight is 324 g/mol. The highest BCUT2D eigenvalue weighted by molar-refractivity contribution is 6.30. The zero-order valence-electron chi connectivity index (χ0n) is 11.0. The lowest BCUT2D eigenvalue weighted by molar-refractivity contribution is -0.137. The van der Waals surface area contributed by atoms with Crippen molar-refractivity contribution in [2.75, 3.05) is 0 Å². The maximum absolute atomic E-state index is 12.5. The minimum atomic E-state index is -4.35. The van der Waals surface area contributed by atoms with Crippen LogP contribution in [-0.2, 0) is 6.18 Å². The van der Waals surface area contributed by atoms with Crippen LogP contribution in [0, 0.1) is 0 Å². The first-order valence-corrected chi connectivity index (χ1v) is 6.67. The Balaban J connectivity index is 1.89. The van der Waals surface area contributed by atoms with Gasteiger partial charge < -0.3 is 0 Å². The lowest BCUT2D eigenvalue weighted by atomic mass is 10.1. The van der Waals surface area contributed by atoms with Crippen LogP contribution in [0.1, 0.15) is 5.56 Å². The van der Waals surface area contributed by atoms with Crippen LogP contribution in [0.25, 0.3) is 16.9 Å². The van der Waals surface area contributed by atoms with E-state index in [9.17, 15) is 13.2 Å². The van der Waals surface area contributed by atoms with Crippen molar-refractivity contribution in [1.82, 2.24) is 15.0 Å². The Morgan fingerprint density at radius 1 is 0.909 bits per heavy atom. The number of benzene rings is 2. The molecule has 0 aliphatic rings. The third kappa shape index (κ3) is 2.96. The summed E-state index contributed by atoms with van der Waals surface area (Å²) in [5.41, 5.74) is 1.12. The van der Waals surface area contributed by atoms with E-state index in [1.54, 1.807) is 30.5 Å². The van der Waals surface area contributed by atoms with Crippen molar-refractivity contribution in [3.05, 3.63) is 65.3 Å². The zero-order valence-corrected chi connectivity index (χ0v) is 11.8. The Labute approximate surface area is 129 Å². The van der Waals surface area contributed by atoms with Crippen LogP contribution in [0.2, 0.25) is 5.02 Å². The standard InChI is InChI=1S/C15H9ClF3N3/c16-12-5-7-13(8-6-12)22-9-14(20-21-22)10-1-3-11(4-2-10)15(17,18)19/h1-9H. The number of aromatic nitrogens is 3. The minimum Gasteiger partial charge on any atom is -0.220 e. The van der Waals surface area contributed by atoms with E-state index < -0.39 is 11.7 Å². The summed E-state index contributed by atoms with van der Waals surface area (Å²) < 4.78 is 39.1. The van der Waals surface area contributed by atoms with Gasteiger partial charge in [0, 0.05) is 10.6 Å². The molecular weight excluding hydrogens is 315 g/mol. The van der Waals surface area contributed by atoms with Gasteiger partial charge >= 0.3 is 6.18 Å². The SMILES string of the molecule is FC(F)(F)c1ccc(-c2cn(-c3ccc(Cl)cc3)nn2)cc1. The molecule has 7 heteroatoms. The highest BCUT2D eigenvalue weighted by Gasteiger charge is 2.30. The van der Waals surface area contributed by atoms with Gasteiger partial charge in [0.2, 0.25) is 0 Å². The molecular formula is C15H9ClF3N3. The fourth-order valence-corrected chi connectivity index (χ4v) is 2.07. The summed E-state index contributed by atoms with van der Waals surface area (Å²) in [5, 5.41) is 8.54. The quantitative estimate of drug-likeness (QED) is 0.689. The van der Waals surface area contributed by atoms with Gasteiger partial charge in [-0.2, -0.15) is 13.2 Å². The van der Waals surface area contributed by atoms with Crippen molar-refractivity contribution >= 4 is 11.6 Å². The summed E-state index contributed by atoms with van der Waals surface area (Å²) in [4.78, 5) is 0. The molecule has 0 saturated heterocycles. The predicted octanol–water partition coefficient (Wildman–Crippen LogP) is 4.61. The van der Waals surface area contributed by atoms with Crippen molar-refractivity contribution in [3.8, 4) is 16.9 Å². The molecule has 0 aliphatic carbocycles. The molecule has 0 fully saturated rings. The third-order valence-corrected chi connectivity index (χ3v) is 3.34. The lowest BCUT2D eigenvalue weighted by Gasteiger charge is -2.06. The number of alkyl halides is 3. The first-order valence-electron chi connectivity index (χ1n) is 6.29. The Hall–Kier alpha value is -2.34. The van der Waals surface area contributed by atoms with Gasteiger partial charge in [0.25, 0.3) is 0 Å². The van der Waals surface area contributed by atoms with Gasteiger partial charge in [-0.1, -0.05) is 28.9 Å². The molecule has 2 aromatic carbocycles. The molecule has 3 aromatic rings. The van der Waals surface area contributed by atoms with Gasteiger partial charge in [0.1, 0.15) is 5.69 Å². The molecule has 1 heterocycles. The van der Waals surface area contributed by atoms with Gasteiger partial charge in [0.15, 0.2) is 0 Å². The Bertz CT molecular complexity index is 777. The molecule has 3 nitrogen and oxygen atoms in total. The second-order valence-corrected chi connectivity index (χ2v) is 5.04. The van der Waals surface area contributed by atoms with Gasteiger partial charge in [0.05, 0.1) is 17.4 Å². The highest BCUT2D eigenvalue weighted by atomic mass is 35.5. The van der Waals surface area contributed by atoms with E-state index in [0.717, 1.165) is 17.8 Å². The van der Waals surface area contributed by atoms with Crippen molar-refractivity contribution in [1.29, 1.82) is 0 Å². The molecule has 0 spiro atoms. The first kappa shape index (κ1) is 14.6. The number of nitrogens with zero attached hydrogens (tertiary/aromatic N) is 3. The fourth-order valence-electron chi connectivity index (χ4n) is 1.95. The van der Waals surface area contributed by atoms with Gasteiger partial charge in [-0.25, -0.2) is 4.68 Å². The molecule has 0 unspecified atom stereocenters. The molecule has 3 rings (SSSR count). The van der Waals surface area contributed by atoms with Gasteiger partial charge in [-0.3, -0.25) is 0 Å². The van der Waals surface area contributed by atoms with Crippen LogP contribution >= 0.6 is 11.6 Å². The second kappa shape index (κ2) is 5.46. The number of hydrogen-bond donors (Lipinski definition) is 0.